The highest BCUT2D eigenvalue weighted by molar-refractivity contribution is 9.10. The molecular formula is C15H18BrNS. The molecule has 3 heteroatoms. The van der Waals surface area contributed by atoms with Crippen LogP contribution in [-0.2, 0) is 12.8 Å². The van der Waals surface area contributed by atoms with Gasteiger partial charge in [-0.3, -0.25) is 0 Å². The summed E-state index contributed by atoms with van der Waals surface area (Å²) in [6.07, 6.45) is 2.18. The van der Waals surface area contributed by atoms with Crippen LogP contribution < -0.4 is 5.32 Å². The molecule has 96 valence electrons. The normalized spacial score (nSPS) is 12.6. The van der Waals surface area contributed by atoms with Crippen LogP contribution in [0.3, 0.4) is 0 Å². The number of hydrogen-bond acceptors (Lipinski definition) is 2. The minimum absolute atomic E-state index is 0.517. The fourth-order valence-corrected chi connectivity index (χ4v) is 3.36. The molecule has 0 spiro atoms. The lowest BCUT2D eigenvalue weighted by Gasteiger charge is -2.17. The Hall–Kier alpha value is -0.640. The molecule has 0 aliphatic rings. The van der Waals surface area contributed by atoms with E-state index in [1.165, 1.54) is 10.4 Å². The zero-order valence-electron chi connectivity index (χ0n) is 10.5. The molecule has 0 aliphatic carbocycles. The fourth-order valence-electron chi connectivity index (χ4n) is 2.13. The maximum absolute atomic E-state index is 3.58. The van der Waals surface area contributed by atoms with Gasteiger partial charge < -0.3 is 5.32 Å². The van der Waals surface area contributed by atoms with E-state index in [0.29, 0.717) is 6.04 Å². The molecule has 0 aliphatic heterocycles. The summed E-state index contributed by atoms with van der Waals surface area (Å²) in [6.45, 7) is 3.19. The molecule has 0 amide bonds. The summed E-state index contributed by atoms with van der Waals surface area (Å²) >= 11 is 5.37. The zero-order valence-corrected chi connectivity index (χ0v) is 12.9. The Morgan fingerprint density at radius 2 is 2.11 bits per heavy atom. The van der Waals surface area contributed by atoms with E-state index in [1.54, 1.807) is 0 Å². The van der Waals surface area contributed by atoms with Gasteiger partial charge in [0.05, 0.1) is 0 Å². The van der Waals surface area contributed by atoms with E-state index < -0.39 is 0 Å². The standard InChI is InChI=1S/C15H18BrNS/c1-2-17-14(11-15-7-4-8-18-15)10-12-5-3-6-13(16)9-12/h3-9,14,17H,2,10-11H2,1H3. The average molecular weight is 324 g/mol. The van der Waals surface area contributed by atoms with E-state index in [4.69, 9.17) is 0 Å². The molecular weight excluding hydrogens is 306 g/mol. The fraction of sp³-hybridized carbons (Fsp3) is 0.333. The van der Waals surface area contributed by atoms with Gasteiger partial charge in [0.1, 0.15) is 0 Å². The second-order valence-electron chi connectivity index (χ2n) is 4.37. The van der Waals surface area contributed by atoms with Crippen LogP contribution in [0.25, 0.3) is 0 Å². The number of hydrogen-bond donors (Lipinski definition) is 1. The molecule has 1 unspecified atom stereocenters. The lowest BCUT2D eigenvalue weighted by atomic mass is 10.0. The smallest absolute Gasteiger partial charge is 0.0178 e. The Morgan fingerprint density at radius 3 is 2.78 bits per heavy atom. The first-order chi connectivity index (χ1) is 8.78. The molecule has 1 aromatic heterocycles. The Morgan fingerprint density at radius 1 is 1.22 bits per heavy atom. The van der Waals surface area contributed by atoms with Crippen molar-refractivity contribution in [2.45, 2.75) is 25.8 Å². The average Bonchev–Trinajstić information content (AvgIpc) is 2.82. The van der Waals surface area contributed by atoms with Crippen LogP contribution >= 0.6 is 27.3 Å². The number of halogens is 1. The third-order valence-corrected chi connectivity index (χ3v) is 4.28. The first-order valence-corrected chi connectivity index (χ1v) is 7.95. The third-order valence-electron chi connectivity index (χ3n) is 2.89. The SMILES string of the molecule is CCNC(Cc1cccc(Br)c1)Cc1cccs1. The van der Waals surface area contributed by atoms with Crippen molar-refractivity contribution in [2.24, 2.45) is 0 Å². The van der Waals surface area contributed by atoms with Gasteiger partial charge in [0, 0.05) is 15.4 Å². The number of rotatable bonds is 6. The lowest BCUT2D eigenvalue weighted by Crippen LogP contribution is -2.32. The van der Waals surface area contributed by atoms with Crippen LogP contribution in [0.1, 0.15) is 17.4 Å². The predicted molar refractivity (Wildman–Crippen MR) is 83.3 cm³/mol. The predicted octanol–water partition coefficient (Wildman–Crippen LogP) is 4.27. The van der Waals surface area contributed by atoms with Crippen LogP contribution in [0.4, 0.5) is 0 Å². The zero-order chi connectivity index (χ0) is 12.8. The van der Waals surface area contributed by atoms with Crippen LogP contribution in [-0.4, -0.2) is 12.6 Å². The summed E-state index contributed by atoms with van der Waals surface area (Å²) < 4.78 is 1.16. The molecule has 1 nitrogen and oxygen atoms in total. The highest BCUT2D eigenvalue weighted by atomic mass is 79.9. The third kappa shape index (κ3) is 4.23. The van der Waals surface area contributed by atoms with Crippen molar-refractivity contribution in [2.75, 3.05) is 6.54 Å². The van der Waals surface area contributed by atoms with E-state index >= 15 is 0 Å². The second kappa shape index (κ2) is 7.07. The topological polar surface area (TPSA) is 12.0 Å². The van der Waals surface area contributed by atoms with Crippen molar-refractivity contribution in [1.29, 1.82) is 0 Å². The monoisotopic (exact) mass is 323 g/mol. The van der Waals surface area contributed by atoms with Crippen molar-refractivity contribution < 1.29 is 0 Å². The van der Waals surface area contributed by atoms with Crippen molar-refractivity contribution in [3.8, 4) is 0 Å². The number of nitrogens with one attached hydrogen (secondary N) is 1. The van der Waals surface area contributed by atoms with E-state index in [-0.39, 0.29) is 0 Å². The van der Waals surface area contributed by atoms with Gasteiger partial charge in [-0.2, -0.15) is 0 Å². The Kier molecular flexibility index (Phi) is 5.42. The molecule has 1 aromatic carbocycles. The van der Waals surface area contributed by atoms with Gasteiger partial charge in [0.25, 0.3) is 0 Å². The first kappa shape index (κ1) is 13.8. The van der Waals surface area contributed by atoms with Crippen molar-refractivity contribution in [3.05, 3.63) is 56.7 Å². The Bertz CT molecular complexity index is 467. The number of benzene rings is 1. The molecule has 2 aromatic rings. The maximum atomic E-state index is 3.58. The minimum Gasteiger partial charge on any atom is -0.314 e. The van der Waals surface area contributed by atoms with Crippen LogP contribution in [0.15, 0.2) is 46.3 Å². The summed E-state index contributed by atoms with van der Waals surface area (Å²) in [7, 11) is 0. The molecule has 1 N–H and O–H groups in total. The largest absolute Gasteiger partial charge is 0.314 e. The van der Waals surface area contributed by atoms with Gasteiger partial charge >= 0.3 is 0 Å². The van der Waals surface area contributed by atoms with E-state index in [9.17, 15) is 0 Å². The van der Waals surface area contributed by atoms with E-state index in [1.807, 2.05) is 11.3 Å². The maximum Gasteiger partial charge on any atom is 0.0178 e. The first-order valence-electron chi connectivity index (χ1n) is 6.28. The van der Waals surface area contributed by atoms with Crippen molar-refractivity contribution >= 4 is 27.3 Å². The lowest BCUT2D eigenvalue weighted by molar-refractivity contribution is 0.524. The van der Waals surface area contributed by atoms with Crippen LogP contribution in [0.5, 0.6) is 0 Å². The van der Waals surface area contributed by atoms with Crippen molar-refractivity contribution in [3.63, 3.8) is 0 Å². The molecule has 2 rings (SSSR count). The molecule has 0 bridgehead atoms. The van der Waals surface area contributed by atoms with Crippen LogP contribution in [0.2, 0.25) is 0 Å². The second-order valence-corrected chi connectivity index (χ2v) is 6.32. The summed E-state index contributed by atoms with van der Waals surface area (Å²) in [6, 6.07) is 13.4. The molecule has 0 saturated carbocycles. The van der Waals surface area contributed by atoms with Crippen LogP contribution in [0, 0.1) is 0 Å². The number of thiophene rings is 1. The van der Waals surface area contributed by atoms with E-state index in [2.05, 4.69) is 69.9 Å². The van der Waals surface area contributed by atoms with Gasteiger partial charge in [0.15, 0.2) is 0 Å². The summed E-state index contributed by atoms with van der Waals surface area (Å²) in [5, 5.41) is 5.73. The van der Waals surface area contributed by atoms with E-state index in [0.717, 1.165) is 23.9 Å². The Balaban J connectivity index is 2.01. The summed E-state index contributed by atoms with van der Waals surface area (Å²) in [4.78, 5) is 1.45. The molecule has 0 fully saturated rings. The van der Waals surface area contributed by atoms with Gasteiger partial charge in [0.2, 0.25) is 0 Å². The molecule has 0 saturated heterocycles. The quantitative estimate of drug-likeness (QED) is 0.836. The van der Waals surface area contributed by atoms with Gasteiger partial charge in [-0.1, -0.05) is 41.1 Å². The molecule has 18 heavy (non-hydrogen) atoms. The highest BCUT2D eigenvalue weighted by Crippen LogP contribution is 2.16. The summed E-state index contributed by atoms with van der Waals surface area (Å²) in [5.41, 5.74) is 1.38. The van der Waals surface area contributed by atoms with Crippen molar-refractivity contribution in [1.82, 2.24) is 5.32 Å². The summed E-state index contributed by atoms with van der Waals surface area (Å²) in [5.74, 6) is 0. The number of likely N-dealkylation sites (N-methyl/N-ethyl adjacent to an activating group) is 1. The Labute approximate surface area is 121 Å². The minimum atomic E-state index is 0.517. The highest BCUT2D eigenvalue weighted by Gasteiger charge is 2.10. The van der Waals surface area contributed by atoms with Gasteiger partial charge in [-0.25, -0.2) is 0 Å². The molecule has 0 radical (unpaired) electrons. The van der Waals surface area contributed by atoms with Gasteiger partial charge in [-0.05, 0) is 48.5 Å². The molecule has 1 heterocycles. The van der Waals surface area contributed by atoms with Gasteiger partial charge in [-0.15, -0.1) is 11.3 Å². The molecule has 1 atom stereocenters.